The molecule has 0 aliphatic rings. The van der Waals surface area contributed by atoms with Crippen LogP contribution in [0.3, 0.4) is 0 Å². The molecule has 78 valence electrons. The van der Waals surface area contributed by atoms with Crippen LogP contribution in [0.15, 0.2) is 30.3 Å². The van der Waals surface area contributed by atoms with Gasteiger partial charge in [0.05, 0.1) is 11.1 Å². The predicted octanol–water partition coefficient (Wildman–Crippen LogP) is 2.06. The maximum Gasteiger partial charge on any atom is 0.222 e. The van der Waals surface area contributed by atoms with Crippen molar-refractivity contribution < 1.29 is 4.79 Å². The molecule has 0 spiro atoms. The molecule has 1 aromatic heterocycles. The first-order valence-corrected chi connectivity index (χ1v) is 4.78. The van der Waals surface area contributed by atoms with E-state index in [2.05, 4.69) is 10.3 Å². The normalized spacial score (nSPS) is 9.75. The van der Waals surface area contributed by atoms with E-state index >= 15 is 0 Å². The number of amides is 1. The highest BCUT2D eigenvalue weighted by molar-refractivity contribution is 5.91. The van der Waals surface area contributed by atoms with Crippen LogP contribution in [0.25, 0.3) is 10.9 Å². The Kier molecular flexibility index (Phi) is 2.52. The molecule has 0 atom stereocenters. The maximum atomic E-state index is 11.0. The van der Waals surface area contributed by atoms with Crippen LogP contribution in [0.2, 0.25) is 0 Å². The number of hydrogen-bond acceptors (Lipinski definition) is 3. The number of pyridine rings is 1. The maximum absolute atomic E-state index is 11.0. The van der Waals surface area contributed by atoms with E-state index in [0.29, 0.717) is 11.4 Å². The lowest BCUT2D eigenvalue weighted by molar-refractivity contribution is -0.114. The molecule has 1 N–H and O–H groups in total. The fourth-order valence-corrected chi connectivity index (χ4v) is 1.46. The Bertz CT molecular complexity index is 599. The fourth-order valence-electron chi connectivity index (χ4n) is 1.46. The molecule has 0 aliphatic carbocycles. The Balaban J connectivity index is 2.64. The smallest absolute Gasteiger partial charge is 0.222 e. The summed E-state index contributed by atoms with van der Waals surface area (Å²) in [5.41, 5.74) is 1.12. The van der Waals surface area contributed by atoms with Gasteiger partial charge in [0.15, 0.2) is 5.82 Å². The van der Waals surface area contributed by atoms with Gasteiger partial charge in [0.1, 0.15) is 6.07 Å². The molecule has 1 aromatic carbocycles. The van der Waals surface area contributed by atoms with Crippen LogP contribution in [-0.2, 0) is 4.79 Å². The van der Waals surface area contributed by atoms with Crippen LogP contribution in [0, 0.1) is 11.3 Å². The third-order valence-electron chi connectivity index (χ3n) is 2.14. The molecular weight excluding hydrogens is 202 g/mol. The van der Waals surface area contributed by atoms with Crippen LogP contribution in [-0.4, -0.2) is 10.9 Å². The van der Waals surface area contributed by atoms with Gasteiger partial charge in [-0.3, -0.25) is 4.79 Å². The van der Waals surface area contributed by atoms with Crippen molar-refractivity contribution >= 4 is 22.6 Å². The molecule has 4 nitrogen and oxygen atoms in total. The molecule has 1 amide bonds. The van der Waals surface area contributed by atoms with Gasteiger partial charge in [-0.25, -0.2) is 4.98 Å². The van der Waals surface area contributed by atoms with E-state index < -0.39 is 0 Å². The lowest BCUT2D eigenvalue weighted by Gasteiger charge is -2.05. The summed E-state index contributed by atoms with van der Waals surface area (Å²) in [5, 5.41) is 12.4. The van der Waals surface area contributed by atoms with E-state index in [4.69, 9.17) is 5.26 Å². The third-order valence-corrected chi connectivity index (χ3v) is 2.14. The SMILES string of the molecule is CC(=O)Nc1nc2ccccc2cc1C#N. The summed E-state index contributed by atoms with van der Waals surface area (Å²) in [7, 11) is 0. The van der Waals surface area contributed by atoms with E-state index in [1.54, 1.807) is 6.07 Å². The number of fused-ring (bicyclic) bond motifs is 1. The molecule has 0 saturated heterocycles. The number of nitrogens with one attached hydrogen (secondary N) is 1. The minimum absolute atomic E-state index is 0.237. The van der Waals surface area contributed by atoms with Gasteiger partial charge in [0.2, 0.25) is 5.91 Å². The highest BCUT2D eigenvalue weighted by Gasteiger charge is 2.07. The Labute approximate surface area is 92.5 Å². The molecule has 1 heterocycles. The second-order valence-electron chi connectivity index (χ2n) is 3.37. The average Bonchev–Trinajstić information content (AvgIpc) is 2.27. The fraction of sp³-hybridized carbons (Fsp3) is 0.0833. The van der Waals surface area contributed by atoms with Crippen molar-refractivity contribution in [3.8, 4) is 6.07 Å². The first-order chi connectivity index (χ1) is 7.70. The number of nitrogens with zero attached hydrogens (tertiary/aromatic N) is 2. The van der Waals surface area contributed by atoms with Gasteiger partial charge >= 0.3 is 0 Å². The van der Waals surface area contributed by atoms with Gasteiger partial charge in [-0.05, 0) is 12.1 Å². The third kappa shape index (κ3) is 1.84. The Morgan fingerprint density at radius 3 is 2.88 bits per heavy atom. The topological polar surface area (TPSA) is 65.8 Å². The van der Waals surface area contributed by atoms with Gasteiger partial charge in [0, 0.05) is 12.3 Å². The number of anilines is 1. The largest absolute Gasteiger partial charge is 0.310 e. The van der Waals surface area contributed by atoms with Crippen LogP contribution in [0.1, 0.15) is 12.5 Å². The van der Waals surface area contributed by atoms with Gasteiger partial charge in [-0.15, -0.1) is 0 Å². The molecule has 2 rings (SSSR count). The minimum Gasteiger partial charge on any atom is -0.310 e. The zero-order chi connectivity index (χ0) is 11.5. The van der Waals surface area contributed by atoms with E-state index in [9.17, 15) is 4.79 Å². The monoisotopic (exact) mass is 211 g/mol. The minimum atomic E-state index is -0.237. The summed E-state index contributed by atoms with van der Waals surface area (Å²) in [5.74, 6) is 0.0768. The highest BCUT2D eigenvalue weighted by Crippen LogP contribution is 2.19. The van der Waals surface area contributed by atoms with Crippen LogP contribution in [0.4, 0.5) is 5.82 Å². The number of para-hydroxylation sites is 1. The lowest BCUT2D eigenvalue weighted by Crippen LogP contribution is -2.09. The number of carbonyl (C=O) groups excluding carboxylic acids is 1. The summed E-state index contributed by atoms with van der Waals surface area (Å²) in [4.78, 5) is 15.2. The number of rotatable bonds is 1. The molecule has 0 aliphatic heterocycles. The van der Waals surface area contributed by atoms with Crippen molar-refractivity contribution in [3.05, 3.63) is 35.9 Å². The Morgan fingerprint density at radius 2 is 2.19 bits per heavy atom. The number of carbonyl (C=O) groups is 1. The summed E-state index contributed by atoms with van der Waals surface area (Å²) in [6.07, 6.45) is 0. The first-order valence-electron chi connectivity index (χ1n) is 4.78. The molecule has 2 aromatic rings. The zero-order valence-corrected chi connectivity index (χ0v) is 8.69. The standard InChI is InChI=1S/C12H9N3O/c1-8(16)14-12-10(7-13)6-9-4-2-3-5-11(9)15-12/h2-6H,1H3,(H,14,15,16). The summed E-state index contributed by atoms with van der Waals surface area (Å²) >= 11 is 0. The van der Waals surface area contributed by atoms with E-state index in [0.717, 1.165) is 10.9 Å². The zero-order valence-electron chi connectivity index (χ0n) is 8.69. The predicted molar refractivity (Wildman–Crippen MR) is 60.8 cm³/mol. The van der Waals surface area contributed by atoms with Gasteiger partial charge < -0.3 is 5.32 Å². The number of benzene rings is 1. The molecular formula is C12H9N3O. The van der Waals surface area contributed by atoms with E-state index in [-0.39, 0.29) is 5.91 Å². The highest BCUT2D eigenvalue weighted by atomic mass is 16.1. The second-order valence-corrected chi connectivity index (χ2v) is 3.37. The molecule has 0 saturated carbocycles. The molecule has 0 unspecified atom stereocenters. The molecule has 16 heavy (non-hydrogen) atoms. The van der Waals surface area contributed by atoms with Gasteiger partial charge in [0.25, 0.3) is 0 Å². The van der Waals surface area contributed by atoms with Crippen molar-refractivity contribution in [3.63, 3.8) is 0 Å². The number of hydrogen-bond donors (Lipinski definition) is 1. The van der Waals surface area contributed by atoms with E-state index in [1.807, 2.05) is 30.3 Å². The van der Waals surface area contributed by atoms with Crippen molar-refractivity contribution in [2.24, 2.45) is 0 Å². The van der Waals surface area contributed by atoms with Gasteiger partial charge in [-0.1, -0.05) is 18.2 Å². The van der Waals surface area contributed by atoms with Crippen LogP contribution in [0.5, 0.6) is 0 Å². The molecule has 4 heteroatoms. The first kappa shape index (κ1) is 10.1. The van der Waals surface area contributed by atoms with Crippen LogP contribution >= 0.6 is 0 Å². The van der Waals surface area contributed by atoms with Crippen LogP contribution < -0.4 is 5.32 Å². The molecule has 0 radical (unpaired) electrons. The molecule has 0 bridgehead atoms. The summed E-state index contributed by atoms with van der Waals surface area (Å²) in [6.45, 7) is 1.39. The summed E-state index contributed by atoms with van der Waals surface area (Å²) < 4.78 is 0. The van der Waals surface area contributed by atoms with Crippen molar-refractivity contribution in [2.75, 3.05) is 5.32 Å². The van der Waals surface area contributed by atoms with Gasteiger partial charge in [-0.2, -0.15) is 5.26 Å². The van der Waals surface area contributed by atoms with E-state index in [1.165, 1.54) is 6.92 Å². The Hall–Kier alpha value is -2.41. The quantitative estimate of drug-likeness (QED) is 0.785. The molecule has 0 fully saturated rings. The van der Waals surface area contributed by atoms with Crippen molar-refractivity contribution in [2.45, 2.75) is 6.92 Å². The lowest BCUT2D eigenvalue weighted by atomic mass is 10.1. The van der Waals surface area contributed by atoms with Crippen molar-refractivity contribution in [1.82, 2.24) is 4.98 Å². The van der Waals surface area contributed by atoms with Crippen molar-refractivity contribution in [1.29, 1.82) is 5.26 Å². The number of aromatic nitrogens is 1. The second kappa shape index (κ2) is 3.99. The summed E-state index contributed by atoms with van der Waals surface area (Å²) in [6, 6.07) is 11.2. The Morgan fingerprint density at radius 1 is 1.44 bits per heavy atom. The average molecular weight is 211 g/mol. The number of nitriles is 1.